The molecule has 1 amide bonds. The second-order valence-corrected chi connectivity index (χ2v) is 12.7. The lowest BCUT2D eigenvalue weighted by Crippen LogP contribution is -2.49. The summed E-state index contributed by atoms with van der Waals surface area (Å²) in [4.78, 5) is 19.0. The Morgan fingerprint density at radius 1 is 0.780 bits per heavy atom. The van der Waals surface area contributed by atoms with Crippen molar-refractivity contribution in [1.82, 2.24) is 9.80 Å². The summed E-state index contributed by atoms with van der Waals surface area (Å²) in [5.74, 6) is -0.0364. The van der Waals surface area contributed by atoms with Crippen LogP contribution in [0.1, 0.15) is 34.5 Å². The quantitative estimate of drug-likeness (QED) is 0.220. The molecule has 4 aromatic carbocycles. The van der Waals surface area contributed by atoms with Gasteiger partial charge in [-0.1, -0.05) is 60.7 Å². The molecule has 1 aliphatic rings. The van der Waals surface area contributed by atoms with E-state index in [1.165, 1.54) is 15.4 Å². The van der Waals surface area contributed by atoms with Crippen LogP contribution in [0.25, 0.3) is 0 Å². The van der Waals surface area contributed by atoms with Gasteiger partial charge in [-0.2, -0.15) is 0 Å². The summed E-state index contributed by atoms with van der Waals surface area (Å²) >= 11 is 1.57. The second-order valence-electron chi connectivity index (χ2n) is 9.94. The van der Waals surface area contributed by atoms with E-state index in [2.05, 4.69) is 53.4 Å². The van der Waals surface area contributed by atoms with E-state index in [4.69, 9.17) is 0 Å². The van der Waals surface area contributed by atoms with E-state index < -0.39 is 10.0 Å². The summed E-state index contributed by atoms with van der Waals surface area (Å²) in [6.07, 6.45) is 1.96. The zero-order chi connectivity index (χ0) is 28.8. The van der Waals surface area contributed by atoms with E-state index in [1.54, 1.807) is 48.2 Å². The third-order valence-corrected chi connectivity index (χ3v) is 10.2. The summed E-state index contributed by atoms with van der Waals surface area (Å²) in [7, 11) is -3.72. The molecule has 0 aromatic heterocycles. The maximum absolute atomic E-state index is 13.4. The molecule has 212 valence electrons. The molecule has 0 N–H and O–H groups in total. The SMILES string of the molecule is CCN(c1ccc(C(=O)N2CCN(C(c3ccccc3)c3ccccc3)CC2)cc1)S(=O)(=O)c1ccc(SC)cc1. The standard InChI is InChI=1S/C33H35N3O3S2/c1-3-36(41(38,39)31-20-18-30(40-2)19-21-31)29-16-14-28(15-17-29)33(37)35-24-22-34(23-25-35)32(26-10-6-4-7-11-26)27-12-8-5-9-13-27/h4-21,32H,3,22-25H2,1-2H3. The van der Waals surface area contributed by atoms with E-state index in [9.17, 15) is 13.2 Å². The maximum Gasteiger partial charge on any atom is 0.264 e. The Balaban J connectivity index is 1.27. The first kappa shape index (κ1) is 28.9. The smallest absolute Gasteiger partial charge is 0.264 e. The minimum Gasteiger partial charge on any atom is -0.336 e. The molecule has 0 bridgehead atoms. The molecule has 0 atom stereocenters. The average molecular weight is 586 g/mol. The number of anilines is 1. The van der Waals surface area contributed by atoms with Gasteiger partial charge >= 0.3 is 0 Å². The molecule has 6 nitrogen and oxygen atoms in total. The van der Waals surface area contributed by atoms with Crippen molar-refractivity contribution < 1.29 is 13.2 Å². The Kier molecular flexibility index (Phi) is 9.12. The number of benzene rings is 4. The first-order valence-corrected chi connectivity index (χ1v) is 16.5. The zero-order valence-electron chi connectivity index (χ0n) is 23.4. The minimum atomic E-state index is -3.72. The van der Waals surface area contributed by atoms with E-state index in [-0.39, 0.29) is 23.4 Å². The second kappa shape index (κ2) is 12.9. The average Bonchev–Trinajstić information content (AvgIpc) is 3.03. The third-order valence-electron chi connectivity index (χ3n) is 7.53. The number of piperazine rings is 1. The van der Waals surface area contributed by atoms with Crippen LogP contribution < -0.4 is 4.31 Å². The lowest BCUT2D eigenvalue weighted by atomic mass is 9.96. The lowest BCUT2D eigenvalue weighted by Gasteiger charge is -2.39. The van der Waals surface area contributed by atoms with E-state index >= 15 is 0 Å². The number of rotatable bonds is 9. The lowest BCUT2D eigenvalue weighted by molar-refractivity contribution is 0.0597. The van der Waals surface area contributed by atoms with Crippen LogP contribution in [0.3, 0.4) is 0 Å². The fourth-order valence-corrected chi connectivity index (χ4v) is 7.27. The summed E-state index contributed by atoms with van der Waals surface area (Å²) in [6, 6.07) is 35.0. The largest absolute Gasteiger partial charge is 0.336 e. The Morgan fingerprint density at radius 2 is 1.32 bits per heavy atom. The summed E-state index contributed by atoms with van der Waals surface area (Å²) in [5, 5.41) is 0. The molecule has 0 saturated carbocycles. The molecule has 1 heterocycles. The van der Waals surface area contributed by atoms with E-state index in [0.717, 1.165) is 18.0 Å². The number of sulfonamides is 1. The molecular formula is C33H35N3O3S2. The maximum atomic E-state index is 13.4. The van der Waals surface area contributed by atoms with E-state index in [0.29, 0.717) is 24.3 Å². The minimum absolute atomic E-state index is 0.0364. The number of thioether (sulfide) groups is 1. The van der Waals surface area contributed by atoms with E-state index in [1.807, 2.05) is 42.3 Å². The molecule has 0 spiro atoms. The normalized spacial score (nSPS) is 14.3. The number of hydrogen-bond donors (Lipinski definition) is 0. The predicted molar refractivity (Wildman–Crippen MR) is 167 cm³/mol. The molecule has 1 fully saturated rings. The highest BCUT2D eigenvalue weighted by atomic mass is 32.2. The van der Waals surface area contributed by atoms with Gasteiger partial charge in [-0.15, -0.1) is 11.8 Å². The monoisotopic (exact) mass is 585 g/mol. The topological polar surface area (TPSA) is 60.9 Å². The molecule has 0 aliphatic carbocycles. The van der Waals surface area contributed by atoms with Gasteiger partial charge in [0.2, 0.25) is 0 Å². The van der Waals surface area contributed by atoms with Crippen molar-refractivity contribution in [2.75, 3.05) is 43.3 Å². The summed E-state index contributed by atoms with van der Waals surface area (Å²) in [6.45, 7) is 4.86. The summed E-state index contributed by atoms with van der Waals surface area (Å²) < 4.78 is 28.1. The molecule has 1 aliphatic heterocycles. The number of nitrogens with zero attached hydrogens (tertiary/aromatic N) is 3. The molecule has 8 heteroatoms. The Bertz CT molecular complexity index is 1500. The first-order valence-electron chi connectivity index (χ1n) is 13.8. The zero-order valence-corrected chi connectivity index (χ0v) is 25.0. The third kappa shape index (κ3) is 6.35. The van der Waals surface area contributed by atoms with Crippen molar-refractivity contribution in [1.29, 1.82) is 0 Å². The van der Waals surface area contributed by atoms with Gasteiger partial charge in [-0.3, -0.25) is 14.0 Å². The van der Waals surface area contributed by atoms with Crippen LogP contribution in [0.2, 0.25) is 0 Å². The van der Waals surface area contributed by atoms with Gasteiger partial charge in [-0.25, -0.2) is 8.42 Å². The Hall–Kier alpha value is -3.59. The fourth-order valence-electron chi connectivity index (χ4n) is 5.39. The molecular weight excluding hydrogens is 551 g/mol. The number of amides is 1. The molecule has 4 aromatic rings. The van der Waals surface area contributed by atoms with Crippen molar-refractivity contribution in [2.45, 2.75) is 22.8 Å². The van der Waals surface area contributed by atoms with Crippen LogP contribution in [0.5, 0.6) is 0 Å². The Labute approximate surface area is 247 Å². The van der Waals surface area contributed by atoms with Crippen molar-refractivity contribution in [2.24, 2.45) is 0 Å². The highest BCUT2D eigenvalue weighted by molar-refractivity contribution is 7.98. The van der Waals surface area contributed by atoms with Crippen LogP contribution >= 0.6 is 11.8 Å². The van der Waals surface area contributed by atoms with Crippen LogP contribution in [0, 0.1) is 0 Å². The fraction of sp³-hybridized carbons (Fsp3) is 0.242. The number of carbonyl (C=O) groups excluding carboxylic acids is 1. The van der Waals surface area contributed by atoms with Crippen LogP contribution in [-0.4, -0.2) is 63.1 Å². The van der Waals surface area contributed by atoms with Gasteiger partial charge in [0.15, 0.2) is 0 Å². The number of carbonyl (C=O) groups is 1. The molecule has 5 rings (SSSR count). The molecule has 41 heavy (non-hydrogen) atoms. The van der Waals surface area contributed by atoms with Crippen LogP contribution in [0.15, 0.2) is 119 Å². The van der Waals surface area contributed by atoms with Crippen molar-refractivity contribution in [3.63, 3.8) is 0 Å². The molecule has 0 unspecified atom stereocenters. The predicted octanol–water partition coefficient (Wildman–Crippen LogP) is 6.17. The highest BCUT2D eigenvalue weighted by Crippen LogP contribution is 2.30. The van der Waals surface area contributed by atoms with Crippen molar-refractivity contribution in [3.8, 4) is 0 Å². The summed E-state index contributed by atoms with van der Waals surface area (Å²) in [5.41, 5.74) is 3.58. The highest BCUT2D eigenvalue weighted by Gasteiger charge is 2.29. The first-order chi connectivity index (χ1) is 19.9. The molecule has 1 saturated heterocycles. The van der Waals surface area contributed by atoms with Gasteiger partial charge in [0.05, 0.1) is 16.6 Å². The van der Waals surface area contributed by atoms with Gasteiger partial charge in [0.25, 0.3) is 15.9 Å². The van der Waals surface area contributed by atoms with Crippen molar-refractivity contribution in [3.05, 3.63) is 126 Å². The van der Waals surface area contributed by atoms with Gasteiger partial charge in [0.1, 0.15) is 0 Å². The van der Waals surface area contributed by atoms with Gasteiger partial charge in [-0.05, 0) is 72.8 Å². The Morgan fingerprint density at radius 3 is 1.80 bits per heavy atom. The van der Waals surface area contributed by atoms with Crippen LogP contribution in [0.4, 0.5) is 5.69 Å². The van der Waals surface area contributed by atoms with Crippen molar-refractivity contribution >= 4 is 33.4 Å². The van der Waals surface area contributed by atoms with Gasteiger partial charge < -0.3 is 4.90 Å². The molecule has 0 radical (unpaired) electrons. The number of hydrogen-bond acceptors (Lipinski definition) is 5. The van der Waals surface area contributed by atoms with Gasteiger partial charge in [0, 0.05) is 43.2 Å². The van der Waals surface area contributed by atoms with Crippen LogP contribution in [-0.2, 0) is 10.0 Å².